The molecule has 0 bridgehead atoms. The molecule has 0 aliphatic heterocycles. The quantitative estimate of drug-likeness (QED) is 0.715. The third-order valence-corrected chi connectivity index (χ3v) is 6.31. The first-order chi connectivity index (χ1) is 11.0. The Morgan fingerprint density at radius 1 is 0.833 bits per heavy atom. The number of hydrogen-bond donors (Lipinski definition) is 3. The molecule has 0 heterocycles. The summed E-state index contributed by atoms with van der Waals surface area (Å²) in [7, 11) is -8.15. The molecule has 0 saturated carbocycles. The lowest BCUT2D eigenvalue weighted by atomic mass is 9.99. The molecular weight excluding hydrogens is 350 g/mol. The largest absolute Gasteiger partial charge is 0.359 e. The van der Waals surface area contributed by atoms with Crippen LogP contribution in [-0.2, 0) is 13.7 Å². The molecule has 2 aromatic rings. The predicted octanol–water partition coefficient (Wildman–Crippen LogP) is 2.54. The lowest BCUT2D eigenvalue weighted by molar-refractivity contribution is 0.327. The second-order valence-electron chi connectivity index (χ2n) is 5.80. The molecule has 0 saturated heterocycles. The van der Waals surface area contributed by atoms with Crippen molar-refractivity contribution < 1.29 is 28.3 Å². The van der Waals surface area contributed by atoms with Crippen molar-refractivity contribution >= 4 is 25.8 Å². The fraction of sp³-hybridized carbons (Fsp3) is 0.250. The lowest BCUT2D eigenvalue weighted by Crippen LogP contribution is -2.28. The van der Waals surface area contributed by atoms with E-state index in [1.54, 1.807) is 25.1 Å². The number of benzene rings is 2. The van der Waals surface area contributed by atoms with Crippen LogP contribution in [0.2, 0.25) is 0 Å². The van der Waals surface area contributed by atoms with E-state index in [9.17, 15) is 23.8 Å². The van der Waals surface area contributed by atoms with Crippen molar-refractivity contribution in [1.29, 1.82) is 0 Å². The van der Waals surface area contributed by atoms with Gasteiger partial charge in [-0.3, -0.25) is 9.13 Å². The summed E-state index contributed by atoms with van der Waals surface area (Å²) in [6.07, 6.45) is 0. The minimum Gasteiger partial charge on any atom is -0.321 e. The van der Waals surface area contributed by atoms with Crippen LogP contribution in [0.3, 0.4) is 0 Å². The Labute approximate surface area is 140 Å². The first-order valence-electron chi connectivity index (χ1n) is 7.14. The Morgan fingerprint density at radius 2 is 1.33 bits per heavy atom. The smallest absolute Gasteiger partial charge is 0.321 e. The molecule has 130 valence electrons. The van der Waals surface area contributed by atoms with Gasteiger partial charge in [-0.2, -0.15) is 0 Å². The van der Waals surface area contributed by atoms with E-state index in [1.807, 2.05) is 19.9 Å². The Morgan fingerprint density at radius 3 is 1.79 bits per heavy atom. The second-order valence-corrected chi connectivity index (χ2v) is 9.23. The molecule has 1 unspecified atom stereocenters. The zero-order valence-electron chi connectivity index (χ0n) is 13.8. The molecule has 6 nitrogen and oxygen atoms in total. The second kappa shape index (κ2) is 6.57. The summed E-state index contributed by atoms with van der Waals surface area (Å²) in [4.78, 5) is 29.7. The molecule has 0 fully saturated rings. The van der Waals surface area contributed by atoms with E-state index in [0.29, 0.717) is 11.1 Å². The van der Waals surface area contributed by atoms with Crippen LogP contribution < -0.4 is 10.6 Å². The van der Waals surface area contributed by atoms with Crippen LogP contribution in [0.4, 0.5) is 0 Å². The highest BCUT2D eigenvalue weighted by Crippen LogP contribution is 2.46. The molecule has 3 N–H and O–H groups in total. The van der Waals surface area contributed by atoms with E-state index in [-0.39, 0.29) is 10.9 Å². The van der Waals surface area contributed by atoms with Crippen molar-refractivity contribution in [3.8, 4) is 11.1 Å². The highest BCUT2D eigenvalue weighted by Gasteiger charge is 2.35. The van der Waals surface area contributed by atoms with Crippen LogP contribution in [0.1, 0.15) is 16.7 Å². The summed E-state index contributed by atoms with van der Waals surface area (Å²) in [6.45, 7) is 5.43. The van der Waals surface area contributed by atoms with Crippen molar-refractivity contribution in [2.24, 2.45) is 0 Å². The van der Waals surface area contributed by atoms with Gasteiger partial charge in [-0.05, 0) is 43.5 Å². The minimum absolute atomic E-state index is 0.233. The molecule has 0 aromatic heterocycles. The Kier molecular flexibility index (Phi) is 5.22. The average molecular weight is 370 g/mol. The fourth-order valence-electron chi connectivity index (χ4n) is 2.73. The first kappa shape index (κ1) is 19.1. The predicted molar refractivity (Wildman–Crippen MR) is 94.2 cm³/mol. The third-order valence-electron chi connectivity index (χ3n) is 3.61. The van der Waals surface area contributed by atoms with Crippen LogP contribution in [0.5, 0.6) is 0 Å². The Bertz CT molecular complexity index is 864. The Hall–Kier alpha value is -1.26. The number of rotatable bonds is 4. The summed E-state index contributed by atoms with van der Waals surface area (Å²) in [5, 5.41) is -0.835. The zero-order chi connectivity index (χ0) is 18.3. The van der Waals surface area contributed by atoms with Gasteiger partial charge in [0, 0.05) is 7.11 Å². The summed E-state index contributed by atoms with van der Waals surface area (Å²) in [5.74, 6) is 0. The monoisotopic (exact) mass is 370 g/mol. The summed E-state index contributed by atoms with van der Waals surface area (Å²) in [5.41, 5.74) is 3.25. The van der Waals surface area contributed by atoms with Crippen LogP contribution >= 0.6 is 15.2 Å². The first-order valence-corrected chi connectivity index (χ1v) is 10.3. The van der Waals surface area contributed by atoms with E-state index in [2.05, 4.69) is 4.52 Å². The minimum atomic E-state index is -4.83. The fourth-order valence-corrected chi connectivity index (χ4v) is 5.32. The van der Waals surface area contributed by atoms with Gasteiger partial charge in [0.15, 0.2) is 0 Å². The summed E-state index contributed by atoms with van der Waals surface area (Å²) < 4.78 is 29.0. The maximum atomic E-state index is 12.3. The van der Waals surface area contributed by atoms with Gasteiger partial charge >= 0.3 is 15.2 Å². The highest BCUT2D eigenvalue weighted by molar-refractivity contribution is 7.67. The normalized spacial score (nSPS) is 14.5. The van der Waals surface area contributed by atoms with Gasteiger partial charge in [-0.1, -0.05) is 35.4 Å². The van der Waals surface area contributed by atoms with E-state index in [1.165, 1.54) is 6.07 Å². The average Bonchev–Trinajstić information content (AvgIpc) is 2.44. The van der Waals surface area contributed by atoms with Gasteiger partial charge in [-0.25, -0.2) is 0 Å². The molecule has 0 radical (unpaired) electrons. The van der Waals surface area contributed by atoms with Gasteiger partial charge < -0.3 is 19.2 Å². The van der Waals surface area contributed by atoms with E-state index >= 15 is 0 Å². The molecule has 0 aliphatic rings. The van der Waals surface area contributed by atoms with Crippen molar-refractivity contribution in [3.05, 3.63) is 47.0 Å². The molecule has 24 heavy (non-hydrogen) atoms. The van der Waals surface area contributed by atoms with Crippen LogP contribution in [0.25, 0.3) is 11.1 Å². The molecule has 0 amide bonds. The molecule has 0 aliphatic carbocycles. The van der Waals surface area contributed by atoms with Crippen molar-refractivity contribution in [2.75, 3.05) is 7.11 Å². The van der Waals surface area contributed by atoms with Crippen LogP contribution in [0.15, 0.2) is 30.3 Å². The number of aryl methyl sites for hydroxylation is 3. The molecule has 8 heteroatoms. The third kappa shape index (κ3) is 3.86. The van der Waals surface area contributed by atoms with E-state index in [4.69, 9.17) is 0 Å². The highest BCUT2D eigenvalue weighted by atomic mass is 31.2. The summed E-state index contributed by atoms with van der Waals surface area (Å²) >= 11 is 0. The van der Waals surface area contributed by atoms with Crippen LogP contribution in [-0.4, -0.2) is 21.8 Å². The standard InChI is InChI=1S/C16H20O6P2/c1-10-5-11(2)7-13(6-10)14-8-12(3)9-15(24(20,21)22-4)16(14)23(17,18)19/h5-9H,1-4H3,(H,20,21)(H2,17,18,19). The maximum Gasteiger partial charge on any atom is 0.359 e. The van der Waals surface area contributed by atoms with Gasteiger partial charge in [-0.15, -0.1) is 0 Å². The van der Waals surface area contributed by atoms with Crippen molar-refractivity contribution in [2.45, 2.75) is 20.8 Å². The lowest BCUT2D eigenvalue weighted by Gasteiger charge is -2.20. The van der Waals surface area contributed by atoms with Crippen molar-refractivity contribution in [1.82, 2.24) is 0 Å². The van der Waals surface area contributed by atoms with Crippen LogP contribution in [0, 0.1) is 20.8 Å². The topological polar surface area (TPSA) is 104 Å². The molecular formula is C16H20O6P2. The van der Waals surface area contributed by atoms with E-state index < -0.39 is 20.5 Å². The van der Waals surface area contributed by atoms with Gasteiger partial charge in [0.2, 0.25) is 0 Å². The molecule has 2 aromatic carbocycles. The molecule has 0 spiro atoms. The summed E-state index contributed by atoms with van der Waals surface area (Å²) in [6, 6.07) is 8.37. The molecule has 2 rings (SSSR count). The van der Waals surface area contributed by atoms with Gasteiger partial charge in [0.1, 0.15) is 0 Å². The van der Waals surface area contributed by atoms with Gasteiger partial charge in [0.25, 0.3) is 0 Å². The molecule has 1 atom stereocenters. The SMILES string of the molecule is COP(=O)(O)c1cc(C)cc(-c2cc(C)cc(C)c2)c1P(=O)(O)O. The zero-order valence-corrected chi connectivity index (χ0v) is 15.6. The van der Waals surface area contributed by atoms with E-state index in [0.717, 1.165) is 18.2 Å². The Balaban J connectivity index is 2.95. The number of hydrogen-bond acceptors (Lipinski definition) is 3. The van der Waals surface area contributed by atoms with Crippen molar-refractivity contribution in [3.63, 3.8) is 0 Å². The van der Waals surface area contributed by atoms with Gasteiger partial charge in [0.05, 0.1) is 10.6 Å². The maximum absolute atomic E-state index is 12.3.